The van der Waals surface area contributed by atoms with Crippen LogP contribution >= 0.6 is 11.6 Å². The Balaban J connectivity index is 1.93. The van der Waals surface area contributed by atoms with E-state index in [0.29, 0.717) is 28.5 Å². The van der Waals surface area contributed by atoms with E-state index in [0.717, 1.165) is 19.6 Å². The van der Waals surface area contributed by atoms with Crippen LogP contribution in [0.2, 0.25) is 5.02 Å². The van der Waals surface area contributed by atoms with Crippen molar-refractivity contribution in [3.63, 3.8) is 0 Å². The van der Waals surface area contributed by atoms with Gasteiger partial charge in [-0.2, -0.15) is 0 Å². The molecule has 3 rings (SSSR count). The van der Waals surface area contributed by atoms with Crippen molar-refractivity contribution < 1.29 is 0 Å². The van der Waals surface area contributed by atoms with Gasteiger partial charge in [-0.1, -0.05) is 11.6 Å². The highest BCUT2D eigenvalue weighted by atomic mass is 35.5. The van der Waals surface area contributed by atoms with Crippen LogP contribution in [-0.2, 0) is 6.54 Å². The number of hydrogen-bond donors (Lipinski definition) is 0. The first kappa shape index (κ1) is 14.5. The molecule has 1 saturated heterocycles. The normalized spacial score (nSPS) is 21.0. The summed E-state index contributed by atoms with van der Waals surface area (Å²) in [7, 11) is 4.22. The van der Waals surface area contributed by atoms with Crippen molar-refractivity contribution in [2.75, 3.05) is 33.7 Å². The van der Waals surface area contributed by atoms with E-state index in [9.17, 15) is 4.79 Å². The molecule has 112 valence electrons. The second kappa shape index (κ2) is 5.75. The van der Waals surface area contributed by atoms with Gasteiger partial charge in [-0.15, -0.1) is 0 Å². The van der Waals surface area contributed by atoms with E-state index in [1.165, 1.54) is 0 Å². The van der Waals surface area contributed by atoms with Crippen LogP contribution in [0.4, 0.5) is 0 Å². The number of nitrogens with zero attached hydrogens (tertiary/aromatic N) is 4. The Morgan fingerprint density at radius 2 is 2.14 bits per heavy atom. The molecule has 5 nitrogen and oxygen atoms in total. The van der Waals surface area contributed by atoms with Gasteiger partial charge in [-0.25, -0.2) is 4.98 Å². The van der Waals surface area contributed by atoms with Crippen LogP contribution in [0.3, 0.4) is 0 Å². The molecule has 2 aromatic rings. The van der Waals surface area contributed by atoms with Gasteiger partial charge in [0.2, 0.25) is 0 Å². The average Bonchev–Trinajstić information content (AvgIpc) is 2.46. The zero-order valence-corrected chi connectivity index (χ0v) is 13.0. The van der Waals surface area contributed by atoms with E-state index in [1.807, 2.05) is 0 Å². The smallest absolute Gasteiger partial charge is 0.261 e. The summed E-state index contributed by atoms with van der Waals surface area (Å²) in [5, 5.41) is 1.14. The number of hydrogen-bond acceptors (Lipinski definition) is 4. The van der Waals surface area contributed by atoms with Crippen LogP contribution in [0.5, 0.6) is 0 Å². The highest BCUT2D eigenvalue weighted by Crippen LogP contribution is 2.14. The lowest BCUT2D eigenvalue weighted by Gasteiger charge is -2.37. The molecule has 1 aliphatic rings. The summed E-state index contributed by atoms with van der Waals surface area (Å²) in [6.45, 7) is 3.68. The molecule has 1 aromatic carbocycles. The fourth-order valence-electron chi connectivity index (χ4n) is 2.79. The first-order valence-corrected chi connectivity index (χ1v) is 7.46. The van der Waals surface area contributed by atoms with Crippen molar-refractivity contribution in [3.05, 3.63) is 39.9 Å². The summed E-state index contributed by atoms with van der Waals surface area (Å²) in [5.41, 5.74) is 0.666. The number of rotatable bonds is 2. The van der Waals surface area contributed by atoms with Crippen molar-refractivity contribution >= 4 is 22.5 Å². The topological polar surface area (TPSA) is 41.4 Å². The van der Waals surface area contributed by atoms with E-state index < -0.39 is 0 Å². The van der Waals surface area contributed by atoms with Crippen molar-refractivity contribution in [2.24, 2.45) is 0 Å². The average molecular weight is 307 g/mol. The number of halogens is 1. The summed E-state index contributed by atoms with van der Waals surface area (Å²) in [6, 6.07) is 5.55. The minimum absolute atomic E-state index is 0.0240. The highest BCUT2D eigenvalue weighted by molar-refractivity contribution is 6.31. The Morgan fingerprint density at radius 3 is 2.95 bits per heavy atom. The zero-order chi connectivity index (χ0) is 15.0. The predicted molar refractivity (Wildman–Crippen MR) is 84.9 cm³/mol. The molecule has 0 radical (unpaired) electrons. The third-order valence-electron chi connectivity index (χ3n) is 4.17. The summed E-state index contributed by atoms with van der Waals surface area (Å²) in [4.78, 5) is 21.5. The van der Waals surface area contributed by atoms with Crippen molar-refractivity contribution in [1.82, 2.24) is 19.4 Å². The number of fused-ring (bicyclic) bond motifs is 1. The summed E-state index contributed by atoms with van der Waals surface area (Å²) >= 11 is 5.99. The predicted octanol–water partition coefficient (Wildman–Crippen LogP) is 1.30. The Bertz CT molecular complexity index is 714. The largest absolute Gasteiger partial charge is 0.303 e. The molecule has 0 N–H and O–H groups in total. The molecular weight excluding hydrogens is 288 g/mol. The van der Waals surface area contributed by atoms with Crippen LogP contribution in [-0.4, -0.2) is 59.1 Å². The second-order valence-electron chi connectivity index (χ2n) is 5.76. The highest BCUT2D eigenvalue weighted by Gasteiger charge is 2.23. The minimum atomic E-state index is -0.0240. The molecule has 1 aliphatic heterocycles. The molecular formula is C15H19ClN4O. The van der Waals surface area contributed by atoms with Gasteiger partial charge in [0.05, 0.1) is 17.2 Å². The van der Waals surface area contributed by atoms with E-state index in [-0.39, 0.29) is 5.56 Å². The Labute approximate surface area is 128 Å². The molecule has 1 fully saturated rings. The van der Waals surface area contributed by atoms with Crippen LogP contribution in [0.15, 0.2) is 29.3 Å². The molecule has 0 spiro atoms. The molecule has 0 unspecified atom stereocenters. The van der Waals surface area contributed by atoms with Gasteiger partial charge in [-0.3, -0.25) is 14.3 Å². The number of benzene rings is 1. The first-order valence-electron chi connectivity index (χ1n) is 7.08. The Kier molecular flexibility index (Phi) is 3.97. The van der Waals surface area contributed by atoms with Gasteiger partial charge in [0.1, 0.15) is 0 Å². The van der Waals surface area contributed by atoms with Gasteiger partial charge in [0, 0.05) is 37.2 Å². The van der Waals surface area contributed by atoms with Gasteiger partial charge in [0.25, 0.3) is 5.56 Å². The monoisotopic (exact) mass is 306 g/mol. The third-order valence-corrected chi connectivity index (χ3v) is 4.41. The van der Waals surface area contributed by atoms with E-state index >= 15 is 0 Å². The molecule has 0 saturated carbocycles. The maximum absolute atomic E-state index is 12.6. The fraction of sp³-hybridized carbons (Fsp3) is 0.467. The Hall–Kier alpha value is -1.43. The maximum atomic E-state index is 12.6. The second-order valence-corrected chi connectivity index (χ2v) is 6.20. The summed E-state index contributed by atoms with van der Waals surface area (Å²) in [6.07, 6.45) is 1.64. The zero-order valence-electron chi connectivity index (χ0n) is 12.3. The van der Waals surface area contributed by atoms with Gasteiger partial charge in [0.15, 0.2) is 0 Å². The quantitative estimate of drug-likeness (QED) is 0.838. The maximum Gasteiger partial charge on any atom is 0.261 e. The lowest BCUT2D eigenvalue weighted by Crippen LogP contribution is -2.52. The molecule has 0 bridgehead atoms. The number of aromatic nitrogens is 2. The molecule has 2 heterocycles. The molecule has 21 heavy (non-hydrogen) atoms. The van der Waals surface area contributed by atoms with Gasteiger partial charge in [-0.05, 0) is 32.3 Å². The van der Waals surface area contributed by atoms with E-state index in [2.05, 4.69) is 28.9 Å². The van der Waals surface area contributed by atoms with Crippen molar-refractivity contribution in [3.8, 4) is 0 Å². The SMILES string of the molecule is CN1CCN(C)[C@H](Cn2cnc3ccc(Cl)cc3c2=O)C1. The molecule has 1 aromatic heterocycles. The molecule has 0 amide bonds. The van der Waals surface area contributed by atoms with E-state index in [1.54, 1.807) is 29.1 Å². The van der Waals surface area contributed by atoms with Crippen LogP contribution in [0.1, 0.15) is 0 Å². The molecule has 6 heteroatoms. The van der Waals surface area contributed by atoms with Crippen molar-refractivity contribution in [2.45, 2.75) is 12.6 Å². The lowest BCUT2D eigenvalue weighted by atomic mass is 10.2. The van der Waals surface area contributed by atoms with Gasteiger partial charge >= 0.3 is 0 Å². The third kappa shape index (κ3) is 2.95. The fourth-order valence-corrected chi connectivity index (χ4v) is 2.96. The molecule has 1 atom stereocenters. The minimum Gasteiger partial charge on any atom is -0.303 e. The summed E-state index contributed by atoms with van der Waals surface area (Å²) in [5.74, 6) is 0. The number of likely N-dealkylation sites (N-methyl/N-ethyl adjacent to an activating group) is 2. The van der Waals surface area contributed by atoms with Crippen LogP contribution in [0.25, 0.3) is 10.9 Å². The van der Waals surface area contributed by atoms with Crippen LogP contribution < -0.4 is 5.56 Å². The standard InChI is InChI=1S/C15H19ClN4O/c1-18-5-6-19(2)12(8-18)9-20-10-17-14-4-3-11(16)7-13(14)15(20)21/h3-4,7,10,12H,5-6,8-9H2,1-2H3/t12-/m0/s1. The molecule has 0 aliphatic carbocycles. The van der Waals surface area contributed by atoms with Gasteiger partial charge < -0.3 is 4.90 Å². The van der Waals surface area contributed by atoms with Crippen molar-refractivity contribution in [1.29, 1.82) is 0 Å². The van der Waals surface area contributed by atoms with Crippen LogP contribution in [0, 0.1) is 0 Å². The summed E-state index contributed by atoms with van der Waals surface area (Å²) < 4.78 is 1.69. The lowest BCUT2D eigenvalue weighted by molar-refractivity contribution is 0.102. The van der Waals surface area contributed by atoms with E-state index in [4.69, 9.17) is 11.6 Å². The Morgan fingerprint density at radius 1 is 1.33 bits per heavy atom. The first-order chi connectivity index (χ1) is 10.0. The number of piperazine rings is 1.